The van der Waals surface area contributed by atoms with E-state index in [1.165, 1.54) is 0 Å². The molecule has 0 saturated heterocycles. The molecule has 1 heteroatoms. The quantitative estimate of drug-likeness (QED) is 0.426. The van der Waals surface area contributed by atoms with E-state index >= 15 is 0 Å². The third kappa shape index (κ3) is 5.67. The molecule has 0 fully saturated rings. The first kappa shape index (κ1) is 7.67. The maximum Gasteiger partial charge on any atom is 0.00583 e. The van der Waals surface area contributed by atoms with Gasteiger partial charge in [0.25, 0.3) is 0 Å². The van der Waals surface area contributed by atoms with E-state index in [4.69, 9.17) is 5.41 Å². The third-order valence-corrected chi connectivity index (χ3v) is 1.01. The number of nitrogens with one attached hydrogen (secondary N) is 1. The molecule has 0 aliphatic heterocycles. The number of hydrogen-bond donors (Lipinski definition) is 1. The summed E-state index contributed by atoms with van der Waals surface area (Å²) >= 11 is 0. The lowest BCUT2D eigenvalue weighted by Crippen LogP contribution is -1.87. The van der Waals surface area contributed by atoms with E-state index in [1.807, 2.05) is 6.92 Å². The SMILES string of the molecule is CC[CH]CCC(C)=N. The second kappa shape index (κ2) is 4.82. The summed E-state index contributed by atoms with van der Waals surface area (Å²) < 4.78 is 0. The van der Waals surface area contributed by atoms with Crippen LogP contribution in [0.3, 0.4) is 0 Å². The molecular formula is C7H14N. The lowest BCUT2D eigenvalue weighted by atomic mass is 10.1. The Morgan fingerprint density at radius 2 is 2.25 bits per heavy atom. The molecule has 1 nitrogen and oxygen atoms in total. The molecule has 0 aromatic heterocycles. The third-order valence-electron chi connectivity index (χ3n) is 1.01. The normalized spacial score (nSPS) is 9.25. The summed E-state index contributed by atoms with van der Waals surface area (Å²) in [5.41, 5.74) is 0.787. The van der Waals surface area contributed by atoms with Gasteiger partial charge in [-0.1, -0.05) is 13.3 Å². The van der Waals surface area contributed by atoms with Crippen LogP contribution in [0.25, 0.3) is 0 Å². The number of unbranched alkanes of at least 4 members (excludes halogenated alkanes) is 2. The van der Waals surface area contributed by atoms with Crippen LogP contribution in [-0.4, -0.2) is 5.71 Å². The Morgan fingerprint density at radius 3 is 2.62 bits per heavy atom. The molecule has 0 aromatic carbocycles. The highest BCUT2D eigenvalue weighted by atomic mass is 14.4. The van der Waals surface area contributed by atoms with E-state index in [0.717, 1.165) is 25.0 Å². The van der Waals surface area contributed by atoms with Gasteiger partial charge < -0.3 is 5.41 Å². The van der Waals surface area contributed by atoms with Gasteiger partial charge in [-0.3, -0.25) is 0 Å². The van der Waals surface area contributed by atoms with Gasteiger partial charge >= 0.3 is 0 Å². The predicted octanol–water partition coefficient (Wildman–Crippen LogP) is 2.42. The summed E-state index contributed by atoms with van der Waals surface area (Å²) in [5.74, 6) is 0. The zero-order valence-electron chi connectivity index (χ0n) is 5.70. The van der Waals surface area contributed by atoms with Gasteiger partial charge in [0.15, 0.2) is 0 Å². The molecule has 47 valence electrons. The van der Waals surface area contributed by atoms with Crippen molar-refractivity contribution in [1.82, 2.24) is 0 Å². The summed E-state index contributed by atoms with van der Waals surface area (Å²) in [4.78, 5) is 0. The summed E-state index contributed by atoms with van der Waals surface area (Å²) in [5, 5.41) is 7.05. The van der Waals surface area contributed by atoms with E-state index in [-0.39, 0.29) is 0 Å². The predicted molar refractivity (Wildman–Crippen MR) is 37.2 cm³/mol. The summed E-state index contributed by atoms with van der Waals surface area (Å²) in [7, 11) is 0. The zero-order valence-corrected chi connectivity index (χ0v) is 5.70. The number of hydrogen-bond acceptors (Lipinski definition) is 1. The van der Waals surface area contributed by atoms with Crippen LogP contribution in [0.1, 0.15) is 33.1 Å². The van der Waals surface area contributed by atoms with E-state index in [0.29, 0.717) is 0 Å². The highest BCUT2D eigenvalue weighted by Crippen LogP contribution is 1.96. The fraction of sp³-hybridized carbons (Fsp3) is 0.714. The summed E-state index contributed by atoms with van der Waals surface area (Å²) in [6, 6.07) is 0. The highest BCUT2D eigenvalue weighted by molar-refractivity contribution is 5.78. The monoisotopic (exact) mass is 112 g/mol. The molecular weight excluding hydrogens is 98.1 g/mol. The summed E-state index contributed by atoms with van der Waals surface area (Å²) in [6.45, 7) is 3.97. The van der Waals surface area contributed by atoms with Gasteiger partial charge in [0.1, 0.15) is 0 Å². The molecule has 1 radical (unpaired) electrons. The fourth-order valence-corrected chi connectivity index (χ4v) is 0.523. The van der Waals surface area contributed by atoms with Crippen LogP contribution < -0.4 is 0 Å². The Hall–Kier alpha value is -0.330. The average Bonchev–Trinajstić information content (AvgIpc) is 1.66. The molecule has 0 heterocycles. The molecule has 0 atom stereocenters. The first-order valence-electron chi connectivity index (χ1n) is 3.13. The minimum Gasteiger partial charge on any atom is -0.310 e. The Bertz CT molecular complexity index is 66.8. The minimum absolute atomic E-state index is 0.787. The van der Waals surface area contributed by atoms with Crippen LogP contribution in [-0.2, 0) is 0 Å². The lowest BCUT2D eigenvalue weighted by molar-refractivity contribution is 0.917. The molecule has 0 spiro atoms. The van der Waals surface area contributed by atoms with E-state index in [9.17, 15) is 0 Å². The standard InChI is InChI=1S/C7H14N/c1-3-4-5-6-7(2)8/h4,8H,3,5-6H2,1-2H3. The topological polar surface area (TPSA) is 23.9 Å². The van der Waals surface area contributed by atoms with Crippen molar-refractivity contribution in [3.63, 3.8) is 0 Å². The van der Waals surface area contributed by atoms with Gasteiger partial charge in [-0.25, -0.2) is 0 Å². The second-order valence-corrected chi connectivity index (χ2v) is 2.02. The largest absolute Gasteiger partial charge is 0.310 e. The Morgan fingerprint density at radius 1 is 1.62 bits per heavy atom. The first-order valence-corrected chi connectivity index (χ1v) is 3.13. The maximum atomic E-state index is 7.05. The van der Waals surface area contributed by atoms with E-state index in [1.54, 1.807) is 0 Å². The van der Waals surface area contributed by atoms with Crippen molar-refractivity contribution in [2.75, 3.05) is 0 Å². The van der Waals surface area contributed by atoms with Crippen molar-refractivity contribution in [2.45, 2.75) is 33.1 Å². The van der Waals surface area contributed by atoms with Gasteiger partial charge in [0, 0.05) is 5.71 Å². The van der Waals surface area contributed by atoms with Crippen molar-refractivity contribution >= 4 is 5.71 Å². The van der Waals surface area contributed by atoms with Gasteiger partial charge in [0.05, 0.1) is 0 Å². The van der Waals surface area contributed by atoms with Crippen LogP contribution in [0, 0.1) is 11.8 Å². The molecule has 0 amide bonds. The average molecular weight is 112 g/mol. The minimum atomic E-state index is 0.787. The van der Waals surface area contributed by atoms with E-state index < -0.39 is 0 Å². The zero-order chi connectivity index (χ0) is 6.41. The van der Waals surface area contributed by atoms with Crippen molar-refractivity contribution < 1.29 is 0 Å². The smallest absolute Gasteiger partial charge is 0.00583 e. The number of rotatable bonds is 4. The Kier molecular flexibility index (Phi) is 4.62. The Labute approximate surface area is 51.6 Å². The molecule has 0 aromatic rings. The lowest BCUT2D eigenvalue weighted by Gasteiger charge is -1.92. The van der Waals surface area contributed by atoms with Crippen molar-refractivity contribution in [1.29, 1.82) is 5.41 Å². The second-order valence-electron chi connectivity index (χ2n) is 2.02. The van der Waals surface area contributed by atoms with Crippen LogP contribution in [0.15, 0.2) is 0 Å². The molecule has 8 heavy (non-hydrogen) atoms. The molecule has 0 unspecified atom stereocenters. The van der Waals surface area contributed by atoms with Gasteiger partial charge in [-0.05, 0) is 26.2 Å². The maximum absolute atomic E-state index is 7.05. The van der Waals surface area contributed by atoms with Gasteiger partial charge in [-0.2, -0.15) is 0 Å². The molecule has 0 bridgehead atoms. The highest BCUT2D eigenvalue weighted by Gasteiger charge is 1.86. The molecule has 1 N–H and O–H groups in total. The van der Waals surface area contributed by atoms with Gasteiger partial charge in [0.2, 0.25) is 0 Å². The fourth-order valence-electron chi connectivity index (χ4n) is 0.523. The molecule has 0 saturated carbocycles. The summed E-state index contributed by atoms with van der Waals surface area (Å²) in [6.07, 6.45) is 5.35. The van der Waals surface area contributed by atoms with Crippen LogP contribution >= 0.6 is 0 Å². The van der Waals surface area contributed by atoms with Crippen molar-refractivity contribution in [3.05, 3.63) is 6.42 Å². The van der Waals surface area contributed by atoms with Crippen LogP contribution in [0.4, 0.5) is 0 Å². The van der Waals surface area contributed by atoms with Crippen LogP contribution in [0.2, 0.25) is 0 Å². The van der Waals surface area contributed by atoms with Crippen molar-refractivity contribution in [3.8, 4) is 0 Å². The van der Waals surface area contributed by atoms with Crippen molar-refractivity contribution in [2.24, 2.45) is 0 Å². The molecule has 0 aliphatic rings. The van der Waals surface area contributed by atoms with Crippen LogP contribution in [0.5, 0.6) is 0 Å². The molecule has 0 aliphatic carbocycles. The molecule has 0 rings (SSSR count). The van der Waals surface area contributed by atoms with Gasteiger partial charge in [-0.15, -0.1) is 0 Å². The van der Waals surface area contributed by atoms with E-state index in [2.05, 4.69) is 13.3 Å². The first-order chi connectivity index (χ1) is 3.77. The Balaban J connectivity index is 2.82.